The molecule has 0 heterocycles. The van der Waals surface area contributed by atoms with Gasteiger partial charge in [0.2, 0.25) is 10.3 Å². The van der Waals surface area contributed by atoms with E-state index in [1.54, 1.807) is 0 Å². The van der Waals surface area contributed by atoms with E-state index in [4.69, 9.17) is 8.42 Å². The molecule has 2 rings (SSSR count). The van der Waals surface area contributed by atoms with Crippen molar-refractivity contribution in [1.29, 1.82) is 0 Å². The lowest BCUT2D eigenvalue weighted by Gasteiger charge is -2.04. The summed E-state index contributed by atoms with van der Waals surface area (Å²) in [5.41, 5.74) is 2.31. The molecule has 0 fully saturated rings. The molecule has 0 bridgehead atoms. The second-order valence-corrected chi connectivity index (χ2v) is 5.03. The SMILES string of the molecule is C=S(=O)=O.CCc1ccc2ccc(CC(=O)OC)cc2c1. The fourth-order valence-corrected chi connectivity index (χ4v) is 1.91. The summed E-state index contributed by atoms with van der Waals surface area (Å²) < 4.78 is 22.4. The quantitative estimate of drug-likeness (QED) is 0.645. The molecule has 0 aliphatic heterocycles. The van der Waals surface area contributed by atoms with E-state index >= 15 is 0 Å². The van der Waals surface area contributed by atoms with E-state index in [0.29, 0.717) is 6.42 Å². The Labute approximate surface area is 125 Å². The number of ether oxygens (including phenoxy) is 1. The molecule has 0 saturated heterocycles. The number of carbonyl (C=O) groups excluding carboxylic acids is 1. The van der Waals surface area contributed by atoms with Gasteiger partial charge in [0.15, 0.2) is 0 Å². The predicted octanol–water partition coefficient (Wildman–Crippen LogP) is 2.42. The Morgan fingerprint density at radius 3 is 2.14 bits per heavy atom. The summed E-state index contributed by atoms with van der Waals surface area (Å²) in [5, 5.41) is 2.39. The summed E-state index contributed by atoms with van der Waals surface area (Å²) in [6, 6.07) is 12.5. The zero-order chi connectivity index (χ0) is 15.8. The minimum atomic E-state index is -2.11. The van der Waals surface area contributed by atoms with Gasteiger partial charge in [-0.2, -0.15) is 8.42 Å². The minimum absolute atomic E-state index is 0.198. The van der Waals surface area contributed by atoms with E-state index in [-0.39, 0.29) is 5.97 Å². The molecule has 0 spiro atoms. The van der Waals surface area contributed by atoms with Gasteiger partial charge in [0.05, 0.1) is 13.5 Å². The fraction of sp³-hybridized carbons (Fsp3) is 0.250. The molecule has 112 valence electrons. The lowest BCUT2D eigenvalue weighted by molar-refractivity contribution is -0.139. The molecular weight excluding hydrogens is 288 g/mol. The lowest BCUT2D eigenvalue weighted by Crippen LogP contribution is -2.04. The van der Waals surface area contributed by atoms with Crippen LogP contribution in [-0.2, 0) is 32.7 Å². The molecule has 5 heteroatoms. The molecule has 4 nitrogen and oxygen atoms in total. The third-order valence-corrected chi connectivity index (χ3v) is 2.95. The summed E-state index contributed by atoms with van der Waals surface area (Å²) in [5.74, 6) is 2.36. The van der Waals surface area contributed by atoms with Gasteiger partial charge in [-0.1, -0.05) is 43.3 Å². The van der Waals surface area contributed by atoms with Crippen LogP contribution in [-0.4, -0.2) is 27.4 Å². The van der Waals surface area contributed by atoms with Crippen molar-refractivity contribution in [1.82, 2.24) is 0 Å². The number of hydrogen-bond acceptors (Lipinski definition) is 4. The van der Waals surface area contributed by atoms with Gasteiger partial charge in [0.25, 0.3) is 0 Å². The molecule has 0 atom stereocenters. The van der Waals surface area contributed by atoms with Crippen molar-refractivity contribution < 1.29 is 17.9 Å². The van der Waals surface area contributed by atoms with Crippen LogP contribution in [0.15, 0.2) is 36.4 Å². The van der Waals surface area contributed by atoms with Gasteiger partial charge in [-0.25, -0.2) is 0 Å². The highest BCUT2D eigenvalue weighted by atomic mass is 32.2. The molecule has 0 unspecified atom stereocenters. The summed E-state index contributed by atoms with van der Waals surface area (Å²) in [6.07, 6.45) is 1.36. The number of fused-ring (bicyclic) bond motifs is 1. The molecule has 0 aromatic heterocycles. The molecular formula is C16H18O4S. The maximum absolute atomic E-state index is 11.2. The molecule has 0 aliphatic carbocycles. The lowest BCUT2D eigenvalue weighted by atomic mass is 10.0. The van der Waals surface area contributed by atoms with Crippen LogP contribution in [0.5, 0.6) is 0 Å². The van der Waals surface area contributed by atoms with Crippen LogP contribution in [0.25, 0.3) is 10.8 Å². The second kappa shape index (κ2) is 8.21. The predicted molar refractivity (Wildman–Crippen MR) is 85.1 cm³/mol. The third-order valence-electron chi connectivity index (χ3n) is 2.95. The first kappa shape index (κ1) is 16.9. The number of carbonyl (C=O) groups is 1. The molecule has 2 aromatic carbocycles. The van der Waals surface area contributed by atoms with Gasteiger partial charge in [-0.05, 0) is 28.3 Å². The van der Waals surface area contributed by atoms with Crippen LogP contribution < -0.4 is 0 Å². The summed E-state index contributed by atoms with van der Waals surface area (Å²) in [4.78, 5) is 11.2. The average molecular weight is 306 g/mol. The van der Waals surface area contributed by atoms with Gasteiger partial charge >= 0.3 is 5.97 Å². The normalized spacial score (nSPS) is 9.62. The zero-order valence-corrected chi connectivity index (χ0v) is 12.9. The van der Waals surface area contributed by atoms with Gasteiger partial charge in [0.1, 0.15) is 0 Å². The van der Waals surface area contributed by atoms with E-state index in [2.05, 4.69) is 41.8 Å². The van der Waals surface area contributed by atoms with Crippen molar-refractivity contribution in [3.8, 4) is 0 Å². The monoisotopic (exact) mass is 306 g/mol. The third kappa shape index (κ3) is 5.79. The largest absolute Gasteiger partial charge is 0.469 e. The second-order valence-electron chi connectivity index (χ2n) is 4.43. The molecule has 0 saturated carbocycles. The highest BCUT2D eigenvalue weighted by Gasteiger charge is 2.03. The van der Waals surface area contributed by atoms with E-state index < -0.39 is 10.3 Å². The molecule has 0 radical (unpaired) electrons. The van der Waals surface area contributed by atoms with E-state index in [9.17, 15) is 4.79 Å². The first-order valence-corrected chi connectivity index (χ1v) is 7.68. The Morgan fingerprint density at radius 2 is 1.62 bits per heavy atom. The first-order valence-electron chi connectivity index (χ1n) is 6.43. The Hall–Kier alpha value is -2.14. The smallest absolute Gasteiger partial charge is 0.309 e. The van der Waals surface area contributed by atoms with E-state index in [0.717, 1.165) is 12.0 Å². The summed E-state index contributed by atoms with van der Waals surface area (Å²) in [7, 11) is -0.696. The number of esters is 1. The topological polar surface area (TPSA) is 60.4 Å². The standard InChI is InChI=1S/C15H16O2.CH2O2S/c1-3-11-4-6-13-7-5-12(9-14(13)8-11)10-15(16)17-2;1-4(2)3/h4-9H,3,10H2,1-2H3;1H2. The van der Waals surface area contributed by atoms with Crippen molar-refractivity contribution in [2.75, 3.05) is 7.11 Å². The molecule has 0 N–H and O–H groups in total. The average Bonchev–Trinajstić information content (AvgIpc) is 2.45. The van der Waals surface area contributed by atoms with Crippen LogP contribution in [0.4, 0.5) is 0 Å². The fourth-order valence-electron chi connectivity index (χ4n) is 1.91. The summed E-state index contributed by atoms with van der Waals surface area (Å²) in [6.45, 7) is 2.14. The van der Waals surface area contributed by atoms with Crippen molar-refractivity contribution in [2.24, 2.45) is 0 Å². The summed E-state index contributed by atoms with van der Waals surface area (Å²) >= 11 is 0. The van der Waals surface area contributed by atoms with E-state index in [1.165, 1.54) is 23.4 Å². The van der Waals surface area contributed by atoms with Crippen LogP contribution in [0.2, 0.25) is 0 Å². The number of aryl methyl sites for hydroxylation is 1. The van der Waals surface area contributed by atoms with Gasteiger partial charge in [-0.15, -0.1) is 0 Å². The van der Waals surface area contributed by atoms with Crippen LogP contribution >= 0.6 is 0 Å². The number of hydrogen-bond donors (Lipinski definition) is 0. The van der Waals surface area contributed by atoms with E-state index in [1.807, 2.05) is 12.1 Å². The molecule has 21 heavy (non-hydrogen) atoms. The number of methoxy groups -OCH3 is 1. The highest BCUT2D eigenvalue weighted by Crippen LogP contribution is 2.18. The Kier molecular flexibility index (Phi) is 6.62. The maximum atomic E-state index is 11.2. The zero-order valence-electron chi connectivity index (χ0n) is 12.1. The van der Waals surface area contributed by atoms with Crippen LogP contribution in [0.3, 0.4) is 0 Å². The molecule has 0 amide bonds. The van der Waals surface area contributed by atoms with Gasteiger partial charge in [-0.3, -0.25) is 4.79 Å². The van der Waals surface area contributed by atoms with Gasteiger partial charge in [0, 0.05) is 5.87 Å². The highest BCUT2D eigenvalue weighted by molar-refractivity contribution is 7.70. The van der Waals surface area contributed by atoms with Crippen molar-refractivity contribution in [3.63, 3.8) is 0 Å². The van der Waals surface area contributed by atoms with Crippen molar-refractivity contribution in [3.05, 3.63) is 47.5 Å². The Balaban J connectivity index is 0.000000491. The Bertz CT molecular complexity index is 726. The van der Waals surface area contributed by atoms with Crippen molar-refractivity contribution >= 4 is 32.9 Å². The number of rotatable bonds is 3. The molecule has 0 aliphatic rings. The molecule has 2 aromatic rings. The first-order chi connectivity index (χ1) is 9.96. The van der Waals surface area contributed by atoms with Gasteiger partial charge < -0.3 is 4.74 Å². The van der Waals surface area contributed by atoms with Crippen LogP contribution in [0.1, 0.15) is 18.1 Å². The Morgan fingerprint density at radius 1 is 1.10 bits per heavy atom. The van der Waals surface area contributed by atoms with Crippen molar-refractivity contribution in [2.45, 2.75) is 19.8 Å². The minimum Gasteiger partial charge on any atom is -0.469 e. The number of benzene rings is 2. The maximum Gasteiger partial charge on any atom is 0.309 e. The van der Waals surface area contributed by atoms with Crippen LogP contribution in [0, 0.1) is 0 Å².